The number of hydroxylamine groups is 2. The molecule has 10 heteroatoms. The lowest BCUT2D eigenvalue weighted by atomic mass is 9.97. The van der Waals surface area contributed by atoms with E-state index in [1.807, 2.05) is 6.07 Å². The highest BCUT2D eigenvalue weighted by Crippen LogP contribution is 2.47. The highest BCUT2D eigenvalue weighted by atomic mass is 32.2. The number of benzene rings is 2. The number of carboxylic acids is 1. The fourth-order valence-electron chi connectivity index (χ4n) is 3.27. The molecular weight excluding hydrogens is 424 g/mol. The van der Waals surface area contributed by atoms with Crippen molar-refractivity contribution in [1.82, 2.24) is 5.32 Å². The number of nitrogens with zero attached hydrogens (tertiary/aromatic N) is 1. The van der Waals surface area contributed by atoms with Crippen LogP contribution in [0.4, 0.5) is 4.79 Å². The summed E-state index contributed by atoms with van der Waals surface area (Å²) in [7, 11) is 0. The average Bonchev–Trinajstić information content (AvgIpc) is 2.99. The molecular formula is C21H21N2O7S-. The number of amides is 2. The summed E-state index contributed by atoms with van der Waals surface area (Å²) in [5.74, 6) is -2.14. The molecule has 1 unspecified atom stereocenters. The van der Waals surface area contributed by atoms with Crippen LogP contribution < -0.4 is 5.32 Å². The van der Waals surface area contributed by atoms with Crippen LogP contribution in [0.15, 0.2) is 48.5 Å². The van der Waals surface area contributed by atoms with E-state index in [1.54, 1.807) is 49.4 Å². The smallest absolute Gasteiger partial charge is 0.408 e. The zero-order chi connectivity index (χ0) is 22.6. The minimum absolute atomic E-state index is 0.0107. The topological polar surface area (TPSA) is 139 Å². The summed E-state index contributed by atoms with van der Waals surface area (Å²) in [6, 6.07) is 12.8. The van der Waals surface area contributed by atoms with Gasteiger partial charge in [0.1, 0.15) is 12.6 Å². The molecule has 3 rings (SSSR count). The SMILES string of the molecule is Cc1cc(C[C@H](NC(=O)OCc2ccccc2)C(=O)O)ccc1C1CC(=O)[N+]([O-])([O-])S1. The van der Waals surface area contributed by atoms with E-state index < -0.39 is 33.5 Å². The molecule has 2 aromatic carbocycles. The molecule has 164 valence electrons. The molecule has 2 N–H and O–H groups in total. The van der Waals surface area contributed by atoms with Gasteiger partial charge in [0.25, 0.3) is 0 Å². The second-order valence-corrected chi connectivity index (χ2v) is 8.44. The Morgan fingerprint density at radius 1 is 1.23 bits per heavy atom. The van der Waals surface area contributed by atoms with E-state index in [2.05, 4.69) is 5.32 Å². The quantitative estimate of drug-likeness (QED) is 0.376. The monoisotopic (exact) mass is 445 g/mol. The second kappa shape index (κ2) is 9.48. The Morgan fingerprint density at radius 2 is 1.94 bits per heavy atom. The van der Waals surface area contributed by atoms with Crippen molar-refractivity contribution in [3.05, 3.63) is 81.2 Å². The van der Waals surface area contributed by atoms with Crippen molar-refractivity contribution in [1.29, 1.82) is 0 Å². The van der Waals surface area contributed by atoms with Crippen LogP contribution in [0.25, 0.3) is 0 Å². The number of carbonyl (C=O) groups is 3. The maximum absolute atomic E-state index is 12.0. The van der Waals surface area contributed by atoms with E-state index in [-0.39, 0.29) is 19.4 Å². The van der Waals surface area contributed by atoms with Crippen molar-refractivity contribution in [3.63, 3.8) is 0 Å². The van der Waals surface area contributed by atoms with Crippen LogP contribution >= 0.6 is 11.9 Å². The Morgan fingerprint density at radius 3 is 2.52 bits per heavy atom. The van der Waals surface area contributed by atoms with Crippen LogP contribution in [-0.4, -0.2) is 33.3 Å². The Labute approximate surface area is 182 Å². The Hall–Kier alpha value is -2.92. The van der Waals surface area contributed by atoms with Gasteiger partial charge in [-0.25, -0.2) is 14.4 Å². The normalized spacial score (nSPS) is 18.4. The molecule has 0 radical (unpaired) electrons. The maximum Gasteiger partial charge on any atom is 0.408 e. The lowest BCUT2D eigenvalue weighted by molar-refractivity contribution is -0.593. The number of quaternary nitrogens is 1. The zero-order valence-electron chi connectivity index (χ0n) is 16.6. The number of aryl methyl sites for hydroxylation is 1. The number of carbonyl (C=O) groups excluding carboxylic acids is 2. The summed E-state index contributed by atoms with van der Waals surface area (Å²) < 4.78 is 2.87. The molecule has 0 bridgehead atoms. The van der Waals surface area contributed by atoms with Gasteiger partial charge in [-0.05, 0) is 29.2 Å². The first-order valence-electron chi connectivity index (χ1n) is 9.48. The molecule has 0 spiro atoms. The number of rotatable bonds is 7. The molecule has 1 fully saturated rings. The van der Waals surface area contributed by atoms with Gasteiger partial charge in [-0.1, -0.05) is 48.5 Å². The summed E-state index contributed by atoms with van der Waals surface area (Å²) in [4.78, 5) is 35.1. The minimum Gasteiger partial charge on any atom is -0.612 e. The summed E-state index contributed by atoms with van der Waals surface area (Å²) >= 11 is 0.489. The average molecular weight is 445 g/mol. The van der Waals surface area contributed by atoms with Crippen LogP contribution in [0.2, 0.25) is 0 Å². The van der Waals surface area contributed by atoms with E-state index in [9.17, 15) is 29.9 Å². The first-order valence-corrected chi connectivity index (χ1v) is 10.3. The molecule has 2 aromatic rings. The number of ether oxygens (including phenoxy) is 1. The highest BCUT2D eigenvalue weighted by Gasteiger charge is 2.38. The largest absolute Gasteiger partial charge is 0.612 e. The summed E-state index contributed by atoms with van der Waals surface area (Å²) in [5, 5.41) is 34.4. The third-order valence-corrected chi connectivity index (χ3v) is 6.01. The molecule has 0 saturated carbocycles. The first-order chi connectivity index (χ1) is 14.7. The van der Waals surface area contributed by atoms with Crippen LogP contribution in [0.3, 0.4) is 0 Å². The molecule has 0 aromatic heterocycles. The van der Waals surface area contributed by atoms with E-state index >= 15 is 0 Å². The van der Waals surface area contributed by atoms with Gasteiger partial charge >= 0.3 is 18.0 Å². The van der Waals surface area contributed by atoms with Gasteiger partial charge in [0.15, 0.2) is 0 Å². The van der Waals surface area contributed by atoms with Gasteiger partial charge in [0, 0.05) is 6.42 Å². The van der Waals surface area contributed by atoms with Crippen molar-refractivity contribution in [2.75, 3.05) is 0 Å². The Kier molecular flexibility index (Phi) is 6.96. The predicted octanol–water partition coefficient (Wildman–Crippen LogP) is 3.35. The molecule has 9 nitrogen and oxygen atoms in total. The van der Waals surface area contributed by atoms with E-state index in [0.717, 1.165) is 11.1 Å². The molecule has 31 heavy (non-hydrogen) atoms. The predicted molar refractivity (Wildman–Crippen MR) is 113 cm³/mol. The summed E-state index contributed by atoms with van der Waals surface area (Å²) in [6.07, 6.45) is -0.980. The van der Waals surface area contributed by atoms with Crippen molar-refractivity contribution < 1.29 is 28.4 Å². The third kappa shape index (κ3) is 5.82. The van der Waals surface area contributed by atoms with Crippen molar-refractivity contribution in [2.45, 2.75) is 37.7 Å². The molecule has 2 amide bonds. The zero-order valence-corrected chi connectivity index (χ0v) is 17.5. The number of hydrogen-bond donors (Lipinski definition) is 2. The second-order valence-electron chi connectivity index (χ2n) is 7.18. The van der Waals surface area contributed by atoms with Gasteiger partial charge < -0.3 is 25.6 Å². The number of carboxylic acid groups (broad SMARTS) is 1. The van der Waals surface area contributed by atoms with Gasteiger partial charge in [-0.3, -0.25) is 4.21 Å². The molecule has 1 aliphatic heterocycles. The fourth-order valence-corrected chi connectivity index (χ4v) is 4.39. The van der Waals surface area contributed by atoms with Crippen molar-refractivity contribution in [3.8, 4) is 0 Å². The van der Waals surface area contributed by atoms with Crippen LogP contribution in [-0.2, 0) is 27.4 Å². The number of aliphatic carboxylic acids is 1. The highest BCUT2D eigenvalue weighted by molar-refractivity contribution is 7.94. The van der Waals surface area contributed by atoms with Crippen LogP contribution in [0, 0.1) is 17.3 Å². The molecule has 1 heterocycles. The molecule has 1 aliphatic rings. The lowest BCUT2D eigenvalue weighted by Crippen LogP contribution is -2.42. The number of alkyl carbamates (subject to hydrolysis) is 1. The lowest BCUT2D eigenvalue weighted by Gasteiger charge is -2.36. The fraction of sp³-hybridized carbons (Fsp3) is 0.286. The first kappa shape index (κ1) is 22.8. The standard InChI is InChI=1S/C21H21N2O7S/c1-13-9-15(7-8-16(13)18-11-19(24)23(28,29)31-18)10-17(20(25)26)22-21(27)30-12-14-5-3-2-4-6-14/h2-9,17-18H,10-12H2,1H3,(H,22,27)(H,25,26)/q-1/t17-,18?/m0/s1. The van der Waals surface area contributed by atoms with Gasteiger partial charge in [0.2, 0.25) is 0 Å². The number of nitrogens with one attached hydrogen (secondary N) is 1. The minimum atomic E-state index is -2.21. The van der Waals surface area contributed by atoms with Gasteiger partial charge in [0.05, 0.1) is 23.6 Å². The van der Waals surface area contributed by atoms with Crippen molar-refractivity contribution >= 4 is 29.9 Å². The van der Waals surface area contributed by atoms with Crippen LogP contribution in [0.5, 0.6) is 0 Å². The maximum atomic E-state index is 12.0. The molecule has 2 atom stereocenters. The van der Waals surface area contributed by atoms with E-state index in [0.29, 0.717) is 23.1 Å². The Balaban J connectivity index is 1.62. The number of hydrogen-bond acceptors (Lipinski definition) is 7. The van der Waals surface area contributed by atoms with Crippen molar-refractivity contribution in [2.24, 2.45) is 0 Å². The van der Waals surface area contributed by atoms with Gasteiger partial charge in [-0.2, -0.15) is 0 Å². The molecule has 1 saturated heterocycles. The summed E-state index contributed by atoms with van der Waals surface area (Å²) in [6.45, 7) is 1.77. The summed E-state index contributed by atoms with van der Waals surface area (Å²) in [5.41, 5.74) is 2.81. The van der Waals surface area contributed by atoms with E-state index in [1.165, 1.54) is 0 Å². The van der Waals surface area contributed by atoms with Gasteiger partial charge in [-0.15, -0.1) is 0 Å². The van der Waals surface area contributed by atoms with Crippen LogP contribution in [0.1, 0.15) is 33.9 Å². The van der Waals surface area contributed by atoms with E-state index in [4.69, 9.17) is 4.74 Å². The third-order valence-electron chi connectivity index (χ3n) is 4.86. The Bertz CT molecular complexity index is 981. The molecule has 0 aliphatic carbocycles.